The zero-order chi connectivity index (χ0) is 17.7. The molecule has 0 aromatic carbocycles. The third-order valence-corrected chi connectivity index (χ3v) is 2.48. The molecule has 0 spiro atoms. The molecule has 0 unspecified atom stereocenters. The molecule has 0 aliphatic carbocycles. The van der Waals surface area contributed by atoms with Crippen molar-refractivity contribution in [3.8, 4) is 0 Å². The van der Waals surface area contributed by atoms with Crippen LogP contribution in [-0.4, -0.2) is 85.3 Å². The molecular weight excluding hydrogens is 320 g/mol. The van der Waals surface area contributed by atoms with E-state index in [-0.39, 0.29) is 12.6 Å². The minimum absolute atomic E-state index is 0.270. The van der Waals surface area contributed by atoms with E-state index >= 15 is 0 Å². The largest absolute Gasteiger partial charge is 0.499 e. The molecule has 0 saturated heterocycles. The van der Waals surface area contributed by atoms with Crippen LogP contribution in [0.25, 0.3) is 0 Å². The van der Waals surface area contributed by atoms with Gasteiger partial charge < -0.3 is 33.2 Å². The van der Waals surface area contributed by atoms with E-state index < -0.39 is 0 Å². The van der Waals surface area contributed by atoms with Gasteiger partial charge in [0.25, 0.3) is 0 Å². The number of rotatable bonds is 19. The van der Waals surface area contributed by atoms with Crippen LogP contribution in [0.3, 0.4) is 0 Å². The van der Waals surface area contributed by atoms with Crippen molar-refractivity contribution in [1.29, 1.82) is 0 Å². The van der Waals surface area contributed by atoms with Crippen molar-refractivity contribution in [2.45, 2.75) is 6.92 Å². The Morgan fingerprint density at radius 2 is 1.00 bits per heavy atom. The molecule has 0 saturated carbocycles. The molecule has 8 nitrogen and oxygen atoms in total. The smallest absolute Gasteiger partial charge is 0.302 e. The molecule has 0 rings (SSSR count). The molecule has 0 aromatic heterocycles. The molecule has 24 heavy (non-hydrogen) atoms. The first-order valence-electron chi connectivity index (χ1n) is 8.02. The van der Waals surface area contributed by atoms with Crippen LogP contribution in [0.4, 0.5) is 0 Å². The molecule has 0 aliphatic heterocycles. The quantitative estimate of drug-likeness (QED) is 0.192. The molecule has 142 valence electrons. The van der Waals surface area contributed by atoms with Gasteiger partial charge in [-0.05, 0) is 0 Å². The highest BCUT2D eigenvalue weighted by molar-refractivity contribution is 5.65. The molecule has 0 fully saturated rings. The van der Waals surface area contributed by atoms with E-state index in [0.717, 1.165) is 0 Å². The van der Waals surface area contributed by atoms with E-state index in [4.69, 9.17) is 33.2 Å². The molecule has 0 atom stereocenters. The maximum Gasteiger partial charge on any atom is 0.302 e. The minimum Gasteiger partial charge on any atom is -0.499 e. The highest BCUT2D eigenvalue weighted by Crippen LogP contribution is 1.85. The molecule has 0 heterocycles. The van der Waals surface area contributed by atoms with Gasteiger partial charge in [0.15, 0.2) is 0 Å². The lowest BCUT2D eigenvalue weighted by Gasteiger charge is -2.08. The molecule has 0 bridgehead atoms. The fraction of sp³-hybridized carbons (Fsp3) is 0.812. The molecule has 0 N–H and O–H groups in total. The number of hydrogen-bond donors (Lipinski definition) is 0. The monoisotopic (exact) mass is 350 g/mol. The first-order valence-corrected chi connectivity index (χ1v) is 8.02. The fourth-order valence-corrected chi connectivity index (χ4v) is 1.42. The van der Waals surface area contributed by atoms with E-state index in [1.54, 1.807) is 0 Å². The Morgan fingerprint density at radius 1 is 0.667 bits per heavy atom. The SMILES string of the molecule is C=COCCOCCOCCOCCOCCOCCOC(C)=O. The lowest BCUT2D eigenvalue weighted by Crippen LogP contribution is -2.14. The predicted octanol–water partition coefficient (Wildman–Crippen LogP) is 0.793. The van der Waals surface area contributed by atoms with Gasteiger partial charge in [-0.25, -0.2) is 0 Å². The fourth-order valence-electron chi connectivity index (χ4n) is 1.42. The van der Waals surface area contributed by atoms with Crippen LogP contribution in [0.5, 0.6) is 0 Å². The Balaban J connectivity index is 2.98. The summed E-state index contributed by atoms with van der Waals surface area (Å²) >= 11 is 0. The third kappa shape index (κ3) is 20.8. The summed E-state index contributed by atoms with van der Waals surface area (Å²) in [4.78, 5) is 10.5. The van der Waals surface area contributed by atoms with Gasteiger partial charge >= 0.3 is 5.97 Å². The Hall–Kier alpha value is -1.19. The second-order valence-electron chi connectivity index (χ2n) is 4.44. The Kier molecular flexibility index (Phi) is 18.9. The summed E-state index contributed by atoms with van der Waals surface area (Å²) in [7, 11) is 0. The summed E-state index contributed by atoms with van der Waals surface area (Å²) in [6.07, 6.45) is 1.39. The molecule has 0 aliphatic rings. The maximum absolute atomic E-state index is 10.5. The highest BCUT2D eigenvalue weighted by atomic mass is 16.6. The zero-order valence-electron chi connectivity index (χ0n) is 14.5. The summed E-state index contributed by atoms with van der Waals surface area (Å²) < 4.78 is 36.1. The summed E-state index contributed by atoms with van der Waals surface area (Å²) in [6.45, 7) is 10.5. The third-order valence-electron chi connectivity index (χ3n) is 2.48. The summed E-state index contributed by atoms with van der Waals surface area (Å²) in [5.41, 5.74) is 0. The van der Waals surface area contributed by atoms with Crippen molar-refractivity contribution in [3.63, 3.8) is 0 Å². The Bertz CT molecular complexity index is 285. The van der Waals surface area contributed by atoms with Gasteiger partial charge in [-0.1, -0.05) is 6.58 Å². The molecule has 8 heteroatoms. The highest BCUT2D eigenvalue weighted by Gasteiger charge is 1.95. The van der Waals surface area contributed by atoms with Gasteiger partial charge in [-0.15, -0.1) is 0 Å². The number of ether oxygens (including phenoxy) is 7. The number of carbonyl (C=O) groups excluding carboxylic acids is 1. The van der Waals surface area contributed by atoms with E-state index in [1.807, 2.05) is 0 Å². The average molecular weight is 350 g/mol. The van der Waals surface area contributed by atoms with E-state index in [1.165, 1.54) is 13.2 Å². The summed E-state index contributed by atoms with van der Waals surface area (Å²) in [6, 6.07) is 0. The van der Waals surface area contributed by atoms with Crippen LogP contribution in [0.2, 0.25) is 0 Å². The zero-order valence-corrected chi connectivity index (χ0v) is 14.5. The van der Waals surface area contributed by atoms with Gasteiger partial charge in [0, 0.05) is 6.92 Å². The van der Waals surface area contributed by atoms with Gasteiger partial charge in [-0.3, -0.25) is 4.79 Å². The van der Waals surface area contributed by atoms with Crippen LogP contribution in [-0.2, 0) is 38.0 Å². The van der Waals surface area contributed by atoms with Crippen molar-refractivity contribution < 1.29 is 38.0 Å². The summed E-state index contributed by atoms with van der Waals surface area (Å²) in [5, 5.41) is 0. The average Bonchev–Trinajstić information content (AvgIpc) is 2.56. The summed E-state index contributed by atoms with van der Waals surface area (Å²) in [5.74, 6) is -0.304. The first kappa shape index (κ1) is 22.8. The van der Waals surface area contributed by atoms with Gasteiger partial charge in [0.05, 0.1) is 72.3 Å². The van der Waals surface area contributed by atoms with Crippen molar-refractivity contribution >= 4 is 5.97 Å². The lowest BCUT2D eigenvalue weighted by atomic mass is 10.6. The number of hydrogen-bond acceptors (Lipinski definition) is 8. The lowest BCUT2D eigenvalue weighted by molar-refractivity contribution is -0.142. The Labute approximate surface area is 143 Å². The van der Waals surface area contributed by atoms with Gasteiger partial charge in [0.2, 0.25) is 0 Å². The number of esters is 1. The first-order chi connectivity index (χ1) is 11.8. The van der Waals surface area contributed by atoms with Gasteiger partial charge in [0.1, 0.15) is 13.2 Å². The van der Waals surface area contributed by atoms with E-state index in [0.29, 0.717) is 72.7 Å². The van der Waals surface area contributed by atoms with E-state index in [2.05, 4.69) is 6.58 Å². The van der Waals surface area contributed by atoms with Crippen molar-refractivity contribution in [3.05, 3.63) is 12.8 Å². The molecular formula is C16H30O8. The standard InChI is InChI=1S/C16H30O8/c1-3-18-4-5-19-6-7-20-8-9-21-10-11-22-12-13-23-14-15-24-16(2)17/h3H,1,4-15H2,2H3. The molecule has 0 aromatic rings. The van der Waals surface area contributed by atoms with Gasteiger partial charge in [-0.2, -0.15) is 0 Å². The van der Waals surface area contributed by atoms with Crippen LogP contribution in [0.1, 0.15) is 6.92 Å². The van der Waals surface area contributed by atoms with Crippen LogP contribution < -0.4 is 0 Å². The van der Waals surface area contributed by atoms with Crippen LogP contribution >= 0.6 is 0 Å². The van der Waals surface area contributed by atoms with Crippen molar-refractivity contribution in [2.75, 3.05) is 79.3 Å². The normalized spacial score (nSPS) is 10.5. The predicted molar refractivity (Wildman–Crippen MR) is 86.9 cm³/mol. The second kappa shape index (κ2) is 19.9. The minimum atomic E-state index is -0.304. The van der Waals surface area contributed by atoms with E-state index in [9.17, 15) is 4.79 Å². The molecule has 0 radical (unpaired) electrons. The van der Waals surface area contributed by atoms with Crippen LogP contribution in [0, 0.1) is 0 Å². The number of carbonyl (C=O) groups is 1. The Morgan fingerprint density at radius 3 is 1.33 bits per heavy atom. The second-order valence-corrected chi connectivity index (χ2v) is 4.44. The topological polar surface area (TPSA) is 81.7 Å². The van der Waals surface area contributed by atoms with Crippen LogP contribution in [0.15, 0.2) is 12.8 Å². The molecule has 0 amide bonds. The van der Waals surface area contributed by atoms with Crippen molar-refractivity contribution in [2.24, 2.45) is 0 Å². The van der Waals surface area contributed by atoms with Crippen molar-refractivity contribution in [1.82, 2.24) is 0 Å². The maximum atomic E-state index is 10.5.